The third kappa shape index (κ3) is 5.16. The minimum atomic E-state index is -0.432. The van der Waals surface area contributed by atoms with Gasteiger partial charge in [-0.2, -0.15) is 5.10 Å². The van der Waals surface area contributed by atoms with Crippen molar-refractivity contribution in [3.63, 3.8) is 0 Å². The number of nitrogens with one attached hydrogen (secondary N) is 2. The number of nitro groups is 1. The fourth-order valence-electron chi connectivity index (χ4n) is 3.13. The number of nitro benzene ring substituents is 1. The number of nitrogens with zero attached hydrogens (tertiary/aromatic N) is 3. The molecule has 2 amide bonds. The van der Waals surface area contributed by atoms with Crippen molar-refractivity contribution in [3.05, 3.63) is 63.7 Å². The van der Waals surface area contributed by atoms with Crippen molar-refractivity contribution < 1.29 is 14.5 Å². The van der Waals surface area contributed by atoms with Crippen LogP contribution in [-0.2, 0) is 4.79 Å². The molecule has 0 aromatic heterocycles. The number of carbonyl (C=O) groups is 2. The normalized spacial score (nSPS) is 13.5. The molecule has 0 aliphatic carbocycles. The van der Waals surface area contributed by atoms with Gasteiger partial charge in [0.1, 0.15) is 5.69 Å². The van der Waals surface area contributed by atoms with Gasteiger partial charge in [-0.15, -0.1) is 0 Å². The van der Waals surface area contributed by atoms with Crippen LogP contribution in [0.4, 0.5) is 17.1 Å². The first-order valence-corrected chi connectivity index (χ1v) is 9.18. The van der Waals surface area contributed by atoms with E-state index in [-0.39, 0.29) is 11.6 Å². The van der Waals surface area contributed by atoms with E-state index in [9.17, 15) is 19.7 Å². The molecule has 0 unspecified atom stereocenters. The maximum Gasteiger partial charge on any atom is 0.293 e. The molecule has 29 heavy (non-hydrogen) atoms. The van der Waals surface area contributed by atoms with Crippen LogP contribution >= 0.6 is 0 Å². The van der Waals surface area contributed by atoms with Crippen LogP contribution in [-0.4, -0.2) is 36.0 Å². The average Bonchev–Trinajstić information content (AvgIpc) is 3.22. The zero-order valence-corrected chi connectivity index (χ0v) is 15.9. The number of benzene rings is 2. The molecule has 1 saturated heterocycles. The summed E-state index contributed by atoms with van der Waals surface area (Å²) < 4.78 is 0. The monoisotopic (exact) mass is 395 g/mol. The highest BCUT2D eigenvalue weighted by atomic mass is 16.6. The van der Waals surface area contributed by atoms with Gasteiger partial charge in [0.2, 0.25) is 5.91 Å². The zero-order chi connectivity index (χ0) is 20.8. The van der Waals surface area contributed by atoms with Crippen LogP contribution < -0.4 is 15.6 Å². The van der Waals surface area contributed by atoms with Crippen molar-refractivity contribution in [2.24, 2.45) is 5.10 Å². The fourth-order valence-corrected chi connectivity index (χ4v) is 3.13. The molecule has 1 aliphatic rings. The van der Waals surface area contributed by atoms with Gasteiger partial charge in [-0.1, -0.05) is 6.07 Å². The lowest BCUT2D eigenvalue weighted by Gasteiger charge is -2.17. The van der Waals surface area contributed by atoms with Gasteiger partial charge in [0, 0.05) is 42.9 Å². The second kappa shape index (κ2) is 8.96. The van der Waals surface area contributed by atoms with Crippen LogP contribution in [0.1, 0.15) is 35.7 Å². The van der Waals surface area contributed by atoms with E-state index in [0.29, 0.717) is 22.5 Å². The molecule has 2 aromatic rings. The van der Waals surface area contributed by atoms with Crippen LogP contribution in [0.15, 0.2) is 47.6 Å². The number of carbonyl (C=O) groups excluding carboxylic acids is 2. The lowest BCUT2D eigenvalue weighted by Crippen LogP contribution is -2.19. The fraction of sp³-hybridized carbons (Fsp3) is 0.250. The summed E-state index contributed by atoms with van der Waals surface area (Å²) >= 11 is 0. The quantitative estimate of drug-likeness (QED) is 0.443. The van der Waals surface area contributed by atoms with E-state index in [1.807, 2.05) is 4.90 Å². The lowest BCUT2D eigenvalue weighted by atomic mass is 10.1. The predicted octanol–water partition coefficient (Wildman–Crippen LogP) is 2.92. The Kier molecular flexibility index (Phi) is 6.18. The van der Waals surface area contributed by atoms with Crippen LogP contribution in [0.25, 0.3) is 0 Å². The third-order valence-corrected chi connectivity index (χ3v) is 4.49. The number of anilines is 2. The third-order valence-electron chi connectivity index (χ3n) is 4.49. The zero-order valence-electron chi connectivity index (χ0n) is 15.9. The SMILES string of the molecule is CC(=O)Nc1ccc(C(=O)NN=Cc2ccc(N3CCCC3)c([N+](=O)[O-])c2)cc1. The maximum absolute atomic E-state index is 12.1. The summed E-state index contributed by atoms with van der Waals surface area (Å²) in [6.07, 6.45) is 3.42. The van der Waals surface area contributed by atoms with E-state index in [4.69, 9.17) is 0 Å². The molecule has 9 nitrogen and oxygen atoms in total. The minimum Gasteiger partial charge on any atom is -0.366 e. The van der Waals surface area contributed by atoms with Gasteiger partial charge < -0.3 is 10.2 Å². The van der Waals surface area contributed by atoms with E-state index in [2.05, 4.69) is 15.8 Å². The lowest BCUT2D eigenvalue weighted by molar-refractivity contribution is -0.384. The van der Waals surface area contributed by atoms with E-state index < -0.39 is 10.8 Å². The van der Waals surface area contributed by atoms with Gasteiger partial charge in [0.25, 0.3) is 11.6 Å². The van der Waals surface area contributed by atoms with Crippen molar-refractivity contribution >= 4 is 35.1 Å². The van der Waals surface area contributed by atoms with Crippen LogP contribution in [0.2, 0.25) is 0 Å². The Labute approximate surface area is 167 Å². The van der Waals surface area contributed by atoms with Gasteiger partial charge in [0.15, 0.2) is 0 Å². The highest BCUT2D eigenvalue weighted by Crippen LogP contribution is 2.31. The Morgan fingerprint density at radius 1 is 1.14 bits per heavy atom. The van der Waals surface area contributed by atoms with Crippen molar-refractivity contribution in [1.29, 1.82) is 0 Å². The number of hydrogen-bond donors (Lipinski definition) is 2. The Balaban J connectivity index is 1.66. The second-order valence-electron chi connectivity index (χ2n) is 6.66. The molecule has 0 radical (unpaired) electrons. The predicted molar refractivity (Wildman–Crippen MR) is 110 cm³/mol. The largest absolute Gasteiger partial charge is 0.366 e. The first-order chi connectivity index (χ1) is 13.9. The van der Waals surface area contributed by atoms with Crippen LogP contribution in [0.3, 0.4) is 0 Å². The molecule has 9 heteroatoms. The van der Waals surface area contributed by atoms with E-state index >= 15 is 0 Å². The Morgan fingerprint density at radius 2 is 1.83 bits per heavy atom. The van der Waals surface area contributed by atoms with E-state index in [1.54, 1.807) is 36.4 Å². The summed E-state index contributed by atoms with van der Waals surface area (Å²) in [6, 6.07) is 11.2. The van der Waals surface area contributed by atoms with Gasteiger partial charge in [0.05, 0.1) is 11.1 Å². The van der Waals surface area contributed by atoms with E-state index in [1.165, 1.54) is 19.2 Å². The molecule has 150 valence electrons. The molecule has 0 bridgehead atoms. The number of hydrazone groups is 1. The molecule has 0 atom stereocenters. The summed E-state index contributed by atoms with van der Waals surface area (Å²) in [5, 5.41) is 17.9. The molecule has 2 aromatic carbocycles. The second-order valence-corrected chi connectivity index (χ2v) is 6.66. The van der Waals surface area contributed by atoms with Crippen molar-refractivity contribution in [2.45, 2.75) is 19.8 Å². The molecular formula is C20H21N5O4. The Hall–Kier alpha value is -3.75. The van der Waals surface area contributed by atoms with Gasteiger partial charge in [-0.3, -0.25) is 19.7 Å². The number of amides is 2. The highest BCUT2D eigenvalue weighted by Gasteiger charge is 2.22. The van der Waals surface area contributed by atoms with Gasteiger partial charge >= 0.3 is 0 Å². The first-order valence-electron chi connectivity index (χ1n) is 9.18. The summed E-state index contributed by atoms with van der Waals surface area (Å²) in [4.78, 5) is 36.2. The molecule has 1 aliphatic heterocycles. The molecule has 3 rings (SSSR count). The summed E-state index contributed by atoms with van der Waals surface area (Å²) in [5.74, 6) is -0.629. The van der Waals surface area contributed by atoms with Crippen molar-refractivity contribution in [3.8, 4) is 0 Å². The molecular weight excluding hydrogens is 374 g/mol. The molecule has 2 N–H and O–H groups in total. The van der Waals surface area contributed by atoms with Crippen LogP contribution in [0, 0.1) is 10.1 Å². The van der Waals surface area contributed by atoms with Crippen molar-refractivity contribution in [1.82, 2.24) is 5.43 Å². The summed E-state index contributed by atoms with van der Waals surface area (Å²) in [6.45, 7) is 3.02. The molecule has 1 fully saturated rings. The summed E-state index contributed by atoms with van der Waals surface area (Å²) in [7, 11) is 0. The number of hydrogen-bond acceptors (Lipinski definition) is 6. The van der Waals surface area contributed by atoms with Crippen molar-refractivity contribution in [2.75, 3.05) is 23.3 Å². The van der Waals surface area contributed by atoms with Gasteiger partial charge in [-0.05, 0) is 43.2 Å². The summed E-state index contributed by atoms with van der Waals surface area (Å²) in [5.41, 5.74) is 4.49. The topological polar surface area (TPSA) is 117 Å². The van der Waals surface area contributed by atoms with E-state index in [0.717, 1.165) is 25.9 Å². The molecule has 0 spiro atoms. The first kappa shape index (κ1) is 20.0. The standard InChI is InChI=1S/C20H21N5O4/c1-14(26)22-17-7-5-16(6-8-17)20(27)23-21-13-15-4-9-18(19(12-15)25(28)29)24-10-2-3-11-24/h4-9,12-13H,2-3,10-11H2,1H3,(H,22,26)(H,23,27). The Morgan fingerprint density at radius 3 is 2.45 bits per heavy atom. The van der Waals surface area contributed by atoms with Crippen LogP contribution in [0.5, 0.6) is 0 Å². The minimum absolute atomic E-state index is 0.0238. The smallest absolute Gasteiger partial charge is 0.293 e. The molecule has 0 saturated carbocycles. The van der Waals surface area contributed by atoms with Gasteiger partial charge in [-0.25, -0.2) is 5.43 Å². The Bertz CT molecular complexity index is 950. The average molecular weight is 395 g/mol. The maximum atomic E-state index is 12.1. The molecule has 1 heterocycles. The number of rotatable bonds is 6. The highest BCUT2D eigenvalue weighted by molar-refractivity contribution is 5.96.